The van der Waals surface area contributed by atoms with E-state index in [-0.39, 0.29) is 11.7 Å². The number of carbonyl (C=O) groups excluding carboxylic acids is 1. The number of benzene rings is 1. The lowest BCUT2D eigenvalue weighted by atomic mass is 10.1. The van der Waals surface area contributed by atoms with Crippen LogP contribution in [-0.4, -0.2) is 23.5 Å². The second-order valence-corrected chi connectivity index (χ2v) is 5.45. The first-order chi connectivity index (χ1) is 10.7. The van der Waals surface area contributed by atoms with E-state index in [1.54, 1.807) is 24.4 Å². The van der Waals surface area contributed by atoms with Gasteiger partial charge in [-0.15, -0.1) is 0 Å². The van der Waals surface area contributed by atoms with Crippen LogP contribution in [0.4, 0.5) is 10.1 Å². The Morgan fingerprint density at radius 3 is 2.73 bits per heavy atom. The molecule has 1 heterocycles. The predicted octanol–water partition coefficient (Wildman–Crippen LogP) is 2.77. The second kappa shape index (κ2) is 6.56. The van der Waals surface area contributed by atoms with Crippen LogP contribution in [0.2, 0.25) is 0 Å². The molecule has 0 atom stereocenters. The second-order valence-electron chi connectivity index (χ2n) is 5.45. The van der Waals surface area contributed by atoms with Crippen LogP contribution in [0.15, 0.2) is 42.6 Å². The summed E-state index contributed by atoms with van der Waals surface area (Å²) in [6.07, 6.45) is 4.34. The molecular formula is C17H18FN3O. The van der Waals surface area contributed by atoms with E-state index < -0.39 is 0 Å². The van der Waals surface area contributed by atoms with Gasteiger partial charge in [-0.1, -0.05) is 18.2 Å². The zero-order valence-corrected chi connectivity index (χ0v) is 12.2. The van der Waals surface area contributed by atoms with Gasteiger partial charge in [-0.25, -0.2) is 9.37 Å². The SMILES string of the molecule is O=C(NC1CC1)c1ccc(NCCc2ccccc2F)cn1. The Morgan fingerprint density at radius 2 is 2.05 bits per heavy atom. The number of anilines is 1. The molecule has 1 fully saturated rings. The monoisotopic (exact) mass is 299 g/mol. The standard InChI is InChI=1S/C17H18FN3O/c18-15-4-2-1-3-12(15)9-10-19-14-7-8-16(20-11-14)17(22)21-13-5-6-13/h1-4,7-8,11,13,19H,5-6,9-10H2,(H,21,22). The number of hydrogen-bond acceptors (Lipinski definition) is 3. The first-order valence-corrected chi connectivity index (χ1v) is 7.46. The first-order valence-electron chi connectivity index (χ1n) is 7.46. The summed E-state index contributed by atoms with van der Waals surface area (Å²) in [4.78, 5) is 16.0. The lowest BCUT2D eigenvalue weighted by molar-refractivity contribution is 0.0946. The molecular weight excluding hydrogens is 281 g/mol. The Bertz CT molecular complexity index is 653. The number of carbonyl (C=O) groups is 1. The van der Waals surface area contributed by atoms with Gasteiger partial charge < -0.3 is 10.6 Å². The van der Waals surface area contributed by atoms with Gasteiger partial charge in [0.25, 0.3) is 5.91 Å². The van der Waals surface area contributed by atoms with Crippen molar-refractivity contribution >= 4 is 11.6 Å². The van der Waals surface area contributed by atoms with Crippen LogP contribution < -0.4 is 10.6 Å². The minimum atomic E-state index is -0.186. The Hall–Kier alpha value is -2.43. The van der Waals surface area contributed by atoms with Gasteiger partial charge >= 0.3 is 0 Å². The zero-order chi connectivity index (χ0) is 15.4. The molecule has 1 aromatic carbocycles. The molecule has 0 saturated heterocycles. The zero-order valence-electron chi connectivity index (χ0n) is 12.2. The highest BCUT2D eigenvalue weighted by Gasteiger charge is 2.24. The molecule has 0 spiro atoms. The van der Waals surface area contributed by atoms with Crippen molar-refractivity contribution in [3.8, 4) is 0 Å². The molecule has 0 aliphatic heterocycles. The van der Waals surface area contributed by atoms with Crippen LogP contribution >= 0.6 is 0 Å². The van der Waals surface area contributed by atoms with Crippen LogP contribution in [0.25, 0.3) is 0 Å². The Morgan fingerprint density at radius 1 is 1.23 bits per heavy atom. The Balaban J connectivity index is 1.50. The van der Waals surface area contributed by atoms with Crippen LogP contribution in [0.5, 0.6) is 0 Å². The molecule has 1 aliphatic rings. The summed E-state index contributed by atoms with van der Waals surface area (Å²) in [7, 11) is 0. The largest absolute Gasteiger partial charge is 0.383 e. The highest BCUT2D eigenvalue weighted by atomic mass is 19.1. The maximum atomic E-state index is 13.5. The van der Waals surface area contributed by atoms with Gasteiger partial charge in [0.2, 0.25) is 0 Å². The third-order valence-corrected chi connectivity index (χ3v) is 3.59. The Labute approximate surface area is 128 Å². The summed E-state index contributed by atoms with van der Waals surface area (Å²) in [5.74, 6) is -0.310. The predicted molar refractivity (Wildman–Crippen MR) is 83.3 cm³/mol. The molecule has 1 aliphatic carbocycles. The number of nitrogens with one attached hydrogen (secondary N) is 2. The molecule has 1 amide bonds. The minimum absolute atomic E-state index is 0.125. The van der Waals surface area contributed by atoms with E-state index in [9.17, 15) is 9.18 Å². The summed E-state index contributed by atoms with van der Waals surface area (Å²) in [6, 6.07) is 10.6. The fraction of sp³-hybridized carbons (Fsp3) is 0.294. The van der Waals surface area contributed by atoms with Crippen molar-refractivity contribution in [2.45, 2.75) is 25.3 Å². The molecule has 0 bridgehead atoms. The van der Waals surface area contributed by atoms with Gasteiger partial charge in [-0.3, -0.25) is 4.79 Å². The average molecular weight is 299 g/mol. The molecule has 1 saturated carbocycles. The molecule has 5 heteroatoms. The van der Waals surface area contributed by atoms with E-state index in [0.29, 0.717) is 30.3 Å². The van der Waals surface area contributed by atoms with Crippen LogP contribution in [0, 0.1) is 5.82 Å². The third kappa shape index (κ3) is 3.81. The van der Waals surface area contributed by atoms with E-state index in [2.05, 4.69) is 15.6 Å². The number of rotatable bonds is 6. The van der Waals surface area contributed by atoms with Crippen molar-refractivity contribution in [3.05, 3.63) is 59.7 Å². The summed E-state index contributed by atoms with van der Waals surface area (Å²) in [5.41, 5.74) is 1.93. The van der Waals surface area contributed by atoms with Crippen LogP contribution in [0.1, 0.15) is 28.9 Å². The molecule has 3 rings (SSSR count). The molecule has 4 nitrogen and oxygen atoms in total. The summed E-state index contributed by atoms with van der Waals surface area (Å²) >= 11 is 0. The molecule has 0 radical (unpaired) electrons. The van der Waals surface area contributed by atoms with Gasteiger partial charge in [0.05, 0.1) is 11.9 Å². The average Bonchev–Trinajstić information content (AvgIpc) is 3.34. The van der Waals surface area contributed by atoms with Crippen molar-refractivity contribution in [3.63, 3.8) is 0 Å². The number of aromatic nitrogens is 1. The fourth-order valence-electron chi connectivity index (χ4n) is 2.16. The molecule has 1 aromatic heterocycles. The maximum Gasteiger partial charge on any atom is 0.270 e. The van der Waals surface area contributed by atoms with E-state index in [1.807, 2.05) is 12.1 Å². The molecule has 0 unspecified atom stereocenters. The minimum Gasteiger partial charge on any atom is -0.383 e. The van der Waals surface area contributed by atoms with Gasteiger partial charge in [0, 0.05) is 12.6 Å². The quantitative estimate of drug-likeness (QED) is 0.862. The van der Waals surface area contributed by atoms with E-state index in [0.717, 1.165) is 18.5 Å². The van der Waals surface area contributed by atoms with Gasteiger partial charge in [-0.2, -0.15) is 0 Å². The smallest absolute Gasteiger partial charge is 0.270 e. The molecule has 22 heavy (non-hydrogen) atoms. The first kappa shape index (κ1) is 14.5. The van der Waals surface area contributed by atoms with E-state index >= 15 is 0 Å². The van der Waals surface area contributed by atoms with Gasteiger partial charge in [-0.05, 0) is 43.0 Å². The van der Waals surface area contributed by atoms with Gasteiger partial charge in [0.15, 0.2) is 0 Å². The van der Waals surface area contributed by atoms with E-state index in [1.165, 1.54) is 6.07 Å². The van der Waals surface area contributed by atoms with Crippen molar-refractivity contribution in [2.24, 2.45) is 0 Å². The summed E-state index contributed by atoms with van der Waals surface area (Å²) in [6.45, 7) is 0.607. The lowest BCUT2D eigenvalue weighted by Gasteiger charge is -2.08. The highest BCUT2D eigenvalue weighted by molar-refractivity contribution is 5.92. The maximum absolute atomic E-state index is 13.5. The van der Waals surface area contributed by atoms with Gasteiger partial charge in [0.1, 0.15) is 11.5 Å². The number of pyridine rings is 1. The van der Waals surface area contributed by atoms with Crippen LogP contribution in [0.3, 0.4) is 0 Å². The van der Waals surface area contributed by atoms with Crippen molar-refractivity contribution in [1.82, 2.24) is 10.3 Å². The third-order valence-electron chi connectivity index (χ3n) is 3.59. The van der Waals surface area contributed by atoms with Crippen molar-refractivity contribution < 1.29 is 9.18 Å². The molecule has 2 N–H and O–H groups in total. The topological polar surface area (TPSA) is 54.0 Å². The number of halogens is 1. The van der Waals surface area contributed by atoms with E-state index in [4.69, 9.17) is 0 Å². The summed E-state index contributed by atoms with van der Waals surface area (Å²) < 4.78 is 13.5. The molecule has 2 aromatic rings. The highest BCUT2D eigenvalue weighted by Crippen LogP contribution is 2.19. The van der Waals surface area contributed by atoms with Crippen molar-refractivity contribution in [2.75, 3.05) is 11.9 Å². The van der Waals surface area contributed by atoms with Crippen LogP contribution in [-0.2, 0) is 6.42 Å². The normalized spacial score (nSPS) is 13.7. The number of hydrogen-bond donors (Lipinski definition) is 2. The Kier molecular flexibility index (Phi) is 4.32. The van der Waals surface area contributed by atoms with Crippen molar-refractivity contribution in [1.29, 1.82) is 0 Å². The molecule has 114 valence electrons. The summed E-state index contributed by atoms with van der Waals surface area (Å²) in [5, 5.41) is 6.08. The lowest BCUT2D eigenvalue weighted by Crippen LogP contribution is -2.26. The number of nitrogens with zero attached hydrogens (tertiary/aromatic N) is 1. The fourth-order valence-corrected chi connectivity index (χ4v) is 2.16. The number of amides is 1.